The minimum Gasteiger partial charge on any atom is -0.465 e. The van der Waals surface area contributed by atoms with Gasteiger partial charge in [-0.2, -0.15) is 0 Å². The van der Waals surface area contributed by atoms with Crippen molar-refractivity contribution in [3.8, 4) is 11.1 Å². The molecule has 5 nitrogen and oxygen atoms in total. The van der Waals surface area contributed by atoms with Gasteiger partial charge in [-0.15, -0.1) is 0 Å². The van der Waals surface area contributed by atoms with Crippen molar-refractivity contribution in [1.29, 1.82) is 0 Å². The van der Waals surface area contributed by atoms with Crippen LogP contribution < -0.4 is 5.32 Å². The van der Waals surface area contributed by atoms with Crippen LogP contribution in [0, 0.1) is 6.92 Å². The van der Waals surface area contributed by atoms with Gasteiger partial charge in [-0.1, -0.05) is 55.5 Å². The zero-order valence-corrected chi connectivity index (χ0v) is 15.6. The molecule has 0 spiro atoms. The van der Waals surface area contributed by atoms with Crippen LogP contribution in [0.25, 0.3) is 11.1 Å². The summed E-state index contributed by atoms with van der Waals surface area (Å²) in [4.78, 5) is 28.1. The van der Waals surface area contributed by atoms with E-state index >= 15 is 0 Å². The van der Waals surface area contributed by atoms with Crippen molar-refractivity contribution in [2.24, 2.45) is 0 Å². The molecule has 3 rings (SSSR count). The normalized spacial score (nSPS) is 10.5. The molecule has 5 heteroatoms. The molecule has 0 bridgehead atoms. The zero-order chi connectivity index (χ0) is 19.4. The number of para-hydroxylation sites is 1. The standard InChI is InChI=1S/C22H22N2O3/c1-4-17-19(22(26)27-3)14(2)20(23-17)21(25)24-18-13-9-8-12-16(18)15-10-6-5-7-11-15/h5-13,23H,4H2,1-3H3,(H,24,25). The smallest absolute Gasteiger partial charge is 0.339 e. The Morgan fingerprint density at radius 1 is 1.04 bits per heavy atom. The molecule has 3 aromatic rings. The van der Waals surface area contributed by atoms with E-state index in [1.165, 1.54) is 7.11 Å². The summed E-state index contributed by atoms with van der Waals surface area (Å²) in [5.74, 6) is -0.731. The Morgan fingerprint density at radius 2 is 1.70 bits per heavy atom. The van der Waals surface area contributed by atoms with Gasteiger partial charge in [-0.3, -0.25) is 4.79 Å². The quantitative estimate of drug-likeness (QED) is 0.652. The van der Waals surface area contributed by atoms with Gasteiger partial charge in [0.05, 0.1) is 12.7 Å². The van der Waals surface area contributed by atoms with E-state index in [1.54, 1.807) is 6.92 Å². The summed E-state index contributed by atoms with van der Waals surface area (Å²) in [5.41, 5.74) is 4.74. The highest BCUT2D eigenvalue weighted by Crippen LogP contribution is 2.28. The van der Waals surface area contributed by atoms with Crippen molar-refractivity contribution in [1.82, 2.24) is 4.98 Å². The van der Waals surface area contributed by atoms with Gasteiger partial charge in [-0.25, -0.2) is 4.79 Å². The summed E-state index contributed by atoms with van der Waals surface area (Å²) in [6.07, 6.45) is 0.596. The molecule has 0 aliphatic carbocycles. The summed E-state index contributed by atoms with van der Waals surface area (Å²) in [5, 5.41) is 2.97. The number of amides is 1. The number of methoxy groups -OCH3 is 1. The van der Waals surface area contributed by atoms with Crippen LogP contribution in [0.5, 0.6) is 0 Å². The number of H-pyrrole nitrogens is 1. The molecule has 0 radical (unpaired) electrons. The summed E-state index contributed by atoms with van der Waals surface area (Å²) in [6.45, 7) is 3.67. The van der Waals surface area contributed by atoms with E-state index < -0.39 is 5.97 Å². The Morgan fingerprint density at radius 3 is 2.37 bits per heavy atom. The Labute approximate surface area is 158 Å². The fourth-order valence-corrected chi connectivity index (χ4v) is 3.18. The first kappa shape index (κ1) is 18.5. The van der Waals surface area contributed by atoms with Crippen LogP contribution in [-0.4, -0.2) is 24.0 Å². The van der Waals surface area contributed by atoms with Crippen molar-refractivity contribution in [3.05, 3.63) is 77.1 Å². The predicted molar refractivity (Wildman–Crippen MR) is 106 cm³/mol. The Kier molecular flexibility index (Phi) is 5.41. The van der Waals surface area contributed by atoms with E-state index in [1.807, 2.05) is 61.5 Å². The van der Waals surface area contributed by atoms with Gasteiger partial charge in [0.1, 0.15) is 5.69 Å². The first-order chi connectivity index (χ1) is 13.1. The van der Waals surface area contributed by atoms with E-state index in [0.29, 0.717) is 34.6 Å². The highest BCUT2D eigenvalue weighted by molar-refractivity contribution is 6.08. The molecule has 0 atom stereocenters. The van der Waals surface area contributed by atoms with Crippen molar-refractivity contribution in [2.45, 2.75) is 20.3 Å². The second-order valence-corrected chi connectivity index (χ2v) is 6.19. The first-order valence-corrected chi connectivity index (χ1v) is 8.82. The SMILES string of the molecule is CCc1[nH]c(C(=O)Nc2ccccc2-c2ccccc2)c(C)c1C(=O)OC. The fourth-order valence-electron chi connectivity index (χ4n) is 3.18. The summed E-state index contributed by atoms with van der Waals surface area (Å²) in [6, 6.07) is 17.5. The summed E-state index contributed by atoms with van der Waals surface area (Å²) in [7, 11) is 1.34. The van der Waals surface area contributed by atoms with Crippen molar-refractivity contribution in [2.75, 3.05) is 12.4 Å². The molecule has 0 aliphatic rings. The van der Waals surface area contributed by atoms with E-state index in [4.69, 9.17) is 4.74 Å². The molecule has 0 aliphatic heterocycles. The van der Waals surface area contributed by atoms with E-state index in [0.717, 1.165) is 11.1 Å². The van der Waals surface area contributed by atoms with Crippen LogP contribution in [-0.2, 0) is 11.2 Å². The second-order valence-electron chi connectivity index (χ2n) is 6.19. The lowest BCUT2D eigenvalue weighted by Crippen LogP contribution is -2.14. The monoisotopic (exact) mass is 362 g/mol. The molecule has 2 N–H and O–H groups in total. The molecular formula is C22H22N2O3. The van der Waals surface area contributed by atoms with Gasteiger partial charge < -0.3 is 15.0 Å². The maximum Gasteiger partial charge on any atom is 0.339 e. The average Bonchev–Trinajstić information content (AvgIpc) is 3.05. The molecule has 0 fully saturated rings. The minimum absolute atomic E-state index is 0.291. The number of esters is 1. The number of anilines is 1. The maximum atomic E-state index is 12.9. The number of hydrogen-bond donors (Lipinski definition) is 2. The summed E-state index contributed by atoms with van der Waals surface area (Å²) >= 11 is 0. The third-order valence-electron chi connectivity index (χ3n) is 4.56. The topological polar surface area (TPSA) is 71.2 Å². The second kappa shape index (κ2) is 7.91. The number of carbonyl (C=O) groups is 2. The molecule has 0 saturated carbocycles. The van der Waals surface area contributed by atoms with E-state index in [9.17, 15) is 9.59 Å². The molecule has 138 valence electrons. The largest absolute Gasteiger partial charge is 0.465 e. The number of carbonyl (C=O) groups excluding carboxylic acids is 2. The van der Waals surface area contributed by atoms with Gasteiger partial charge in [0.2, 0.25) is 0 Å². The van der Waals surface area contributed by atoms with Crippen LogP contribution in [0.15, 0.2) is 54.6 Å². The molecule has 0 saturated heterocycles. The van der Waals surface area contributed by atoms with Crippen molar-refractivity contribution < 1.29 is 14.3 Å². The van der Waals surface area contributed by atoms with Crippen LogP contribution in [0.2, 0.25) is 0 Å². The lowest BCUT2D eigenvalue weighted by atomic mass is 10.0. The number of aromatic amines is 1. The number of nitrogens with one attached hydrogen (secondary N) is 2. The van der Waals surface area contributed by atoms with Crippen molar-refractivity contribution >= 4 is 17.6 Å². The molecule has 1 heterocycles. The number of ether oxygens (including phenoxy) is 1. The average molecular weight is 362 g/mol. The molecule has 1 aromatic heterocycles. The van der Waals surface area contributed by atoms with Crippen LogP contribution >= 0.6 is 0 Å². The third-order valence-corrected chi connectivity index (χ3v) is 4.56. The molecule has 27 heavy (non-hydrogen) atoms. The lowest BCUT2D eigenvalue weighted by Gasteiger charge is -2.11. The van der Waals surface area contributed by atoms with Gasteiger partial charge >= 0.3 is 5.97 Å². The number of aromatic nitrogens is 1. The third kappa shape index (κ3) is 3.62. The number of hydrogen-bond acceptors (Lipinski definition) is 3. The van der Waals surface area contributed by atoms with Crippen LogP contribution in [0.1, 0.15) is 39.0 Å². The molecular weight excluding hydrogens is 340 g/mol. The van der Waals surface area contributed by atoms with Crippen LogP contribution in [0.3, 0.4) is 0 Å². The highest BCUT2D eigenvalue weighted by atomic mass is 16.5. The van der Waals surface area contributed by atoms with E-state index in [2.05, 4.69) is 10.3 Å². The predicted octanol–water partition coefficient (Wildman–Crippen LogP) is 4.59. The van der Waals surface area contributed by atoms with Crippen LogP contribution in [0.4, 0.5) is 5.69 Å². The summed E-state index contributed by atoms with van der Waals surface area (Å²) < 4.78 is 4.86. The maximum absolute atomic E-state index is 12.9. The fraction of sp³-hybridized carbons (Fsp3) is 0.182. The molecule has 2 aromatic carbocycles. The highest BCUT2D eigenvalue weighted by Gasteiger charge is 2.24. The Balaban J connectivity index is 1.96. The number of rotatable bonds is 5. The van der Waals surface area contributed by atoms with E-state index in [-0.39, 0.29) is 5.91 Å². The minimum atomic E-state index is -0.440. The zero-order valence-electron chi connectivity index (χ0n) is 15.6. The lowest BCUT2D eigenvalue weighted by molar-refractivity contribution is 0.0599. The first-order valence-electron chi connectivity index (χ1n) is 8.82. The molecule has 1 amide bonds. The Bertz CT molecular complexity index is 974. The Hall–Kier alpha value is -3.34. The number of benzene rings is 2. The van der Waals surface area contributed by atoms with Crippen molar-refractivity contribution in [3.63, 3.8) is 0 Å². The van der Waals surface area contributed by atoms with Gasteiger partial charge in [0, 0.05) is 16.9 Å². The van der Waals surface area contributed by atoms with Gasteiger partial charge in [-0.05, 0) is 30.5 Å². The number of aryl methyl sites for hydroxylation is 1. The van der Waals surface area contributed by atoms with Gasteiger partial charge in [0.15, 0.2) is 0 Å². The van der Waals surface area contributed by atoms with Gasteiger partial charge in [0.25, 0.3) is 5.91 Å². The molecule has 0 unspecified atom stereocenters.